The van der Waals surface area contributed by atoms with Crippen molar-refractivity contribution in [2.24, 2.45) is 11.1 Å². The Bertz CT molecular complexity index is 395. The molecule has 1 aromatic heterocycles. The molecule has 0 spiro atoms. The molecule has 0 radical (unpaired) electrons. The minimum absolute atomic E-state index is 0.149. The van der Waals surface area contributed by atoms with E-state index in [9.17, 15) is 0 Å². The smallest absolute Gasteiger partial charge is 0.105 e. The molecule has 110 valence electrons. The predicted molar refractivity (Wildman–Crippen MR) is 81.3 cm³/mol. The van der Waals surface area contributed by atoms with Crippen LogP contribution in [0.4, 0.5) is 0 Å². The maximum absolute atomic E-state index is 5.88. The number of nitrogens with two attached hydrogens (primary N) is 1. The maximum Gasteiger partial charge on any atom is 0.105 e. The van der Waals surface area contributed by atoms with Crippen LogP contribution in [0.3, 0.4) is 0 Å². The Morgan fingerprint density at radius 2 is 2.00 bits per heavy atom. The molecule has 0 aliphatic rings. The number of hydrogen-bond donors (Lipinski definition) is 1. The van der Waals surface area contributed by atoms with E-state index in [-0.39, 0.29) is 5.41 Å². The van der Waals surface area contributed by atoms with Crippen molar-refractivity contribution in [3.63, 3.8) is 0 Å². The summed E-state index contributed by atoms with van der Waals surface area (Å²) >= 11 is 0. The molecule has 1 heterocycles. The molecule has 0 saturated carbocycles. The molecular weight excluding hydrogens is 236 g/mol. The second-order valence-corrected chi connectivity index (χ2v) is 6.38. The Labute approximate surface area is 118 Å². The van der Waals surface area contributed by atoms with Crippen LogP contribution in [0, 0.1) is 19.3 Å². The van der Waals surface area contributed by atoms with Crippen LogP contribution in [0.25, 0.3) is 0 Å². The fraction of sp³-hybridized carbons (Fsp3) is 0.750. The molecule has 1 aromatic rings. The van der Waals surface area contributed by atoms with Crippen molar-refractivity contribution >= 4 is 0 Å². The standard InChI is InChI=1S/C16H30N2O/c1-7-8-18(11-16(5,6)10-17)13(3)15-9-12(2)19-14(15)4/h9,13H,7-8,10-11,17H2,1-6H3. The van der Waals surface area contributed by atoms with E-state index in [1.165, 1.54) is 5.56 Å². The molecular formula is C16H30N2O. The van der Waals surface area contributed by atoms with Gasteiger partial charge < -0.3 is 10.2 Å². The minimum Gasteiger partial charge on any atom is -0.466 e. The van der Waals surface area contributed by atoms with Gasteiger partial charge in [-0.05, 0) is 51.8 Å². The molecule has 3 nitrogen and oxygen atoms in total. The highest BCUT2D eigenvalue weighted by Crippen LogP contribution is 2.29. The molecule has 3 heteroatoms. The highest BCUT2D eigenvalue weighted by atomic mass is 16.3. The summed E-state index contributed by atoms with van der Waals surface area (Å²) < 4.78 is 5.67. The van der Waals surface area contributed by atoms with E-state index in [0.29, 0.717) is 12.6 Å². The molecule has 0 aliphatic heterocycles. The van der Waals surface area contributed by atoms with Crippen LogP contribution >= 0.6 is 0 Å². The summed E-state index contributed by atoms with van der Waals surface area (Å²) in [5.41, 5.74) is 7.33. The van der Waals surface area contributed by atoms with Gasteiger partial charge in [-0.15, -0.1) is 0 Å². The van der Waals surface area contributed by atoms with E-state index >= 15 is 0 Å². The van der Waals surface area contributed by atoms with Crippen LogP contribution in [0.5, 0.6) is 0 Å². The molecule has 1 rings (SSSR count). The monoisotopic (exact) mass is 266 g/mol. The summed E-state index contributed by atoms with van der Waals surface area (Å²) in [6.07, 6.45) is 1.15. The second-order valence-electron chi connectivity index (χ2n) is 6.38. The van der Waals surface area contributed by atoms with E-state index in [0.717, 1.165) is 31.0 Å². The number of nitrogens with zero attached hydrogens (tertiary/aromatic N) is 1. The van der Waals surface area contributed by atoms with Crippen LogP contribution in [0.1, 0.15) is 57.2 Å². The molecule has 0 aromatic carbocycles. The fourth-order valence-electron chi connectivity index (χ4n) is 2.57. The lowest BCUT2D eigenvalue weighted by Gasteiger charge is -2.35. The van der Waals surface area contributed by atoms with Crippen molar-refractivity contribution in [1.29, 1.82) is 0 Å². The molecule has 0 fully saturated rings. The SMILES string of the molecule is CCCN(CC(C)(C)CN)C(C)c1cc(C)oc1C. The lowest BCUT2D eigenvalue weighted by Crippen LogP contribution is -2.40. The number of rotatable bonds is 7. The maximum atomic E-state index is 5.88. The summed E-state index contributed by atoms with van der Waals surface area (Å²) in [6.45, 7) is 15.8. The van der Waals surface area contributed by atoms with Gasteiger partial charge in [-0.2, -0.15) is 0 Å². The molecule has 0 bridgehead atoms. The van der Waals surface area contributed by atoms with Gasteiger partial charge in [0.15, 0.2) is 0 Å². The Morgan fingerprint density at radius 1 is 1.37 bits per heavy atom. The molecule has 0 saturated heterocycles. The van der Waals surface area contributed by atoms with E-state index in [1.807, 2.05) is 6.92 Å². The van der Waals surface area contributed by atoms with Crippen LogP contribution in [0.2, 0.25) is 0 Å². The van der Waals surface area contributed by atoms with Crippen molar-refractivity contribution < 1.29 is 4.42 Å². The van der Waals surface area contributed by atoms with E-state index < -0.39 is 0 Å². The van der Waals surface area contributed by atoms with Gasteiger partial charge in [0.05, 0.1) is 0 Å². The van der Waals surface area contributed by atoms with E-state index in [2.05, 4.69) is 45.6 Å². The topological polar surface area (TPSA) is 42.4 Å². The molecule has 1 atom stereocenters. The minimum atomic E-state index is 0.149. The molecule has 0 amide bonds. The first kappa shape index (κ1) is 16.3. The van der Waals surface area contributed by atoms with Gasteiger partial charge in [-0.3, -0.25) is 4.90 Å². The van der Waals surface area contributed by atoms with Gasteiger partial charge in [-0.1, -0.05) is 20.8 Å². The Balaban J connectivity index is 2.89. The molecule has 2 N–H and O–H groups in total. The van der Waals surface area contributed by atoms with Crippen molar-refractivity contribution in [3.8, 4) is 0 Å². The number of aryl methyl sites for hydroxylation is 2. The van der Waals surface area contributed by atoms with Gasteiger partial charge in [-0.25, -0.2) is 0 Å². The Morgan fingerprint density at radius 3 is 2.42 bits per heavy atom. The van der Waals surface area contributed by atoms with Crippen molar-refractivity contribution in [2.75, 3.05) is 19.6 Å². The zero-order valence-electron chi connectivity index (χ0n) is 13.4. The van der Waals surface area contributed by atoms with Gasteiger partial charge in [0.1, 0.15) is 11.5 Å². The number of furan rings is 1. The third-order valence-electron chi connectivity index (χ3n) is 3.77. The second kappa shape index (κ2) is 6.58. The predicted octanol–water partition coefficient (Wildman–Crippen LogP) is 3.65. The highest BCUT2D eigenvalue weighted by Gasteiger charge is 2.25. The Kier molecular flexibility index (Phi) is 5.63. The summed E-state index contributed by atoms with van der Waals surface area (Å²) in [4.78, 5) is 2.52. The largest absolute Gasteiger partial charge is 0.466 e. The molecule has 0 aliphatic carbocycles. The van der Waals surface area contributed by atoms with E-state index in [1.54, 1.807) is 0 Å². The molecule has 19 heavy (non-hydrogen) atoms. The third kappa shape index (κ3) is 4.36. The van der Waals surface area contributed by atoms with Crippen molar-refractivity contribution in [2.45, 2.75) is 54.0 Å². The summed E-state index contributed by atoms with van der Waals surface area (Å²) in [6, 6.07) is 2.54. The van der Waals surface area contributed by atoms with Crippen molar-refractivity contribution in [1.82, 2.24) is 4.90 Å². The first-order chi connectivity index (χ1) is 8.80. The number of hydrogen-bond acceptors (Lipinski definition) is 3. The lowest BCUT2D eigenvalue weighted by atomic mass is 9.91. The van der Waals surface area contributed by atoms with Crippen LogP contribution in [0.15, 0.2) is 10.5 Å². The average molecular weight is 266 g/mol. The zero-order chi connectivity index (χ0) is 14.6. The van der Waals surface area contributed by atoms with Gasteiger partial charge in [0.25, 0.3) is 0 Å². The first-order valence-corrected chi connectivity index (χ1v) is 7.31. The summed E-state index contributed by atoms with van der Waals surface area (Å²) in [7, 11) is 0. The Hall–Kier alpha value is -0.800. The third-order valence-corrected chi connectivity index (χ3v) is 3.77. The summed E-state index contributed by atoms with van der Waals surface area (Å²) in [5.74, 6) is 2.03. The first-order valence-electron chi connectivity index (χ1n) is 7.31. The summed E-state index contributed by atoms with van der Waals surface area (Å²) in [5, 5.41) is 0. The van der Waals surface area contributed by atoms with Crippen LogP contribution in [-0.2, 0) is 0 Å². The van der Waals surface area contributed by atoms with Gasteiger partial charge in [0.2, 0.25) is 0 Å². The van der Waals surface area contributed by atoms with Crippen LogP contribution in [-0.4, -0.2) is 24.5 Å². The average Bonchev–Trinajstić information content (AvgIpc) is 2.67. The quantitative estimate of drug-likeness (QED) is 0.819. The zero-order valence-corrected chi connectivity index (χ0v) is 13.4. The van der Waals surface area contributed by atoms with Crippen LogP contribution < -0.4 is 5.73 Å². The highest BCUT2D eigenvalue weighted by molar-refractivity contribution is 5.23. The lowest BCUT2D eigenvalue weighted by molar-refractivity contribution is 0.140. The van der Waals surface area contributed by atoms with Gasteiger partial charge >= 0.3 is 0 Å². The normalized spacial score (nSPS) is 14.1. The molecule has 1 unspecified atom stereocenters. The van der Waals surface area contributed by atoms with Gasteiger partial charge in [0, 0.05) is 18.2 Å². The van der Waals surface area contributed by atoms with Crippen molar-refractivity contribution in [3.05, 3.63) is 23.2 Å². The van der Waals surface area contributed by atoms with E-state index in [4.69, 9.17) is 10.2 Å². The fourth-order valence-corrected chi connectivity index (χ4v) is 2.57.